The summed E-state index contributed by atoms with van der Waals surface area (Å²) < 4.78 is 12.8. The number of nitrogens with one attached hydrogen (secondary N) is 1. The summed E-state index contributed by atoms with van der Waals surface area (Å²) in [6.45, 7) is 2.68. The third-order valence-electron chi connectivity index (χ3n) is 2.95. The van der Waals surface area contributed by atoms with Crippen molar-refractivity contribution >= 4 is 23.2 Å². The van der Waals surface area contributed by atoms with Crippen molar-refractivity contribution in [3.05, 3.63) is 69.5 Å². The van der Waals surface area contributed by atoms with Crippen molar-refractivity contribution in [2.45, 2.75) is 19.5 Å². The molecule has 100 valence electrons. The lowest BCUT2D eigenvalue weighted by Gasteiger charge is -2.16. The summed E-state index contributed by atoms with van der Waals surface area (Å²) in [6.07, 6.45) is 0. The molecule has 19 heavy (non-hydrogen) atoms. The Labute approximate surface area is 122 Å². The van der Waals surface area contributed by atoms with E-state index in [1.807, 2.05) is 19.1 Å². The van der Waals surface area contributed by atoms with Crippen LogP contribution in [0.3, 0.4) is 0 Å². The molecule has 0 aliphatic rings. The highest BCUT2D eigenvalue weighted by molar-refractivity contribution is 6.35. The molecule has 0 radical (unpaired) electrons. The van der Waals surface area contributed by atoms with E-state index in [-0.39, 0.29) is 11.9 Å². The van der Waals surface area contributed by atoms with E-state index in [1.54, 1.807) is 18.2 Å². The fraction of sp³-hybridized carbons (Fsp3) is 0.200. The van der Waals surface area contributed by atoms with Crippen LogP contribution >= 0.6 is 23.2 Å². The van der Waals surface area contributed by atoms with Crippen LogP contribution in [0.2, 0.25) is 10.0 Å². The fourth-order valence-electron chi connectivity index (χ4n) is 1.84. The van der Waals surface area contributed by atoms with Crippen LogP contribution in [0.4, 0.5) is 4.39 Å². The van der Waals surface area contributed by atoms with Gasteiger partial charge in [0.2, 0.25) is 0 Å². The highest BCUT2D eigenvalue weighted by atomic mass is 35.5. The second-order valence-corrected chi connectivity index (χ2v) is 5.24. The van der Waals surface area contributed by atoms with E-state index in [1.165, 1.54) is 12.1 Å². The quantitative estimate of drug-likeness (QED) is 0.839. The zero-order valence-electron chi connectivity index (χ0n) is 10.5. The summed E-state index contributed by atoms with van der Waals surface area (Å²) >= 11 is 12.0. The lowest BCUT2D eigenvalue weighted by Crippen LogP contribution is -2.18. The van der Waals surface area contributed by atoms with Crippen molar-refractivity contribution in [1.82, 2.24) is 5.32 Å². The molecular formula is C15H14Cl2FN. The first-order valence-corrected chi connectivity index (χ1v) is 6.74. The fourth-order valence-corrected chi connectivity index (χ4v) is 2.41. The molecule has 1 nitrogen and oxygen atoms in total. The Hall–Kier alpha value is -1.09. The van der Waals surface area contributed by atoms with E-state index in [4.69, 9.17) is 23.2 Å². The smallest absolute Gasteiger partial charge is 0.123 e. The van der Waals surface area contributed by atoms with E-state index in [2.05, 4.69) is 5.32 Å². The van der Waals surface area contributed by atoms with Gasteiger partial charge in [0.1, 0.15) is 5.82 Å². The van der Waals surface area contributed by atoms with Crippen LogP contribution in [0.25, 0.3) is 0 Å². The monoisotopic (exact) mass is 297 g/mol. The third kappa shape index (κ3) is 3.93. The SMILES string of the molecule is CC(NCc1ccc(F)cc1)c1ccc(Cl)cc1Cl. The molecule has 1 N–H and O–H groups in total. The van der Waals surface area contributed by atoms with Gasteiger partial charge in [-0.05, 0) is 42.3 Å². The molecule has 0 aliphatic carbocycles. The minimum Gasteiger partial charge on any atom is -0.306 e. The maximum Gasteiger partial charge on any atom is 0.123 e. The van der Waals surface area contributed by atoms with Crippen LogP contribution in [-0.4, -0.2) is 0 Å². The summed E-state index contributed by atoms with van der Waals surface area (Å²) in [4.78, 5) is 0. The molecule has 0 amide bonds. The van der Waals surface area contributed by atoms with Gasteiger partial charge in [0.05, 0.1) is 0 Å². The van der Waals surface area contributed by atoms with Gasteiger partial charge in [0.25, 0.3) is 0 Å². The largest absolute Gasteiger partial charge is 0.306 e. The van der Waals surface area contributed by atoms with Crippen LogP contribution < -0.4 is 5.32 Å². The molecule has 0 bridgehead atoms. The first-order valence-electron chi connectivity index (χ1n) is 5.99. The number of hydrogen-bond donors (Lipinski definition) is 1. The van der Waals surface area contributed by atoms with Gasteiger partial charge in [-0.1, -0.05) is 41.4 Å². The molecule has 0 aliphatic heterocycles. The van der Waals surface area contributed by atoms with E-state index in [0.29, 0.717) is 16.6 Å². The van der Waals surface area contributed by atoms with Crippen molar-refractivity contribution in [2.24, 2.45) is 0 Å². The topological polar surface area (TPSA) is 12.0 Å². The van der Waals surface area contributed by atoms with Gasteiger partial charge in [0, 0.05) is 22.6 Å². The van der Waals surface area contributed by atoms with Gasteiger partial charge < -0.3 is 5.32 Å². The Morgan fingerprint density at radius 2 is 1.79 bits per heavy atom. The van der Waals surface area contributed by atoms with Crippen LogP contribution in [0.1, 0.15) is 24.1 Å². The maximum atomic E-state index is 12.8. The lowest BCUT2D eigenvalue weighted by atomic mass is 10.1. The molecule has 2 rings (SSSR count). The lowest BCUT2D eigenvalue weighted by molar-refractivity contribution is 0.573. The number of benzene rings is 2. The van der Waals surface area contributed by atoms with E-state index in [0.717, 1.165) is 11.1 Å². The van der Waals surface area contributed by atoms with Gasteiger partial charge in [-0.2, -0.15) is 0 Å². The molecule has 0 aromatic heterocycles. The van der Waals surface area contributed by atoms with Crippen LogP contribution in [0, 0.1) is 5.82 Å². The third-order valence-corrected chi connectivity index (χ3v) is 3.52. The second kappa shape index (κ2) is 6.38. The average molecular weight is 298 g/mol. The minimum atomic E-state index is -0.224. The number of rotatable bonds is 4. The van der Waals surface area contributed by atoms with E-state index >= 15 is 0 Å². The molecule has 1 unspecified atom stereocenters. The first kappa shape index (κ1) is 14.3. The molecule has 0 spiro atoms. The molecule has 2 aromatic carbocycles. The van der Waals surface area contributed by atoms with Crippen LogP contribution in [-0.2, 0) is 6.54 Å². The van der Waals surface area contributed by atoms with Gasteiger partial charge >= 0.3 is 0 Å². The van der Waals surface area contributed by atoms with Gasteiger partial charge in [-0.3, -0.25) is 0 Å². The summed E-state index contributed by atoms with van der Waals surface area (Å²) in [5.41, 5.74) is 2.02. The van der Waals surface area contributed by atoms with Crippen molar-refractivity contribution in [3.63, 3.8) is 0 Å². The maximum absolute atomic E-state index is 12.8. The van der Waals surface area contributed by atoms with Crippen molar-refractivity contribution < 1.29 is 4.39 Å². The summed E-state index contributed by atoms with van der Waals surface area (Å²) in [6, 6.07) is 12.0. The van der Waals surface area contributed by atoms with Gasteiger partial charge in [0.15, 0.2) is 0 Å². The van der Waals surface area contributed by atoms with Crippen LogP contribution in [0.15, 0.2) is 42.5 Å². The molecule has 0 saturated carbocycles. The predicted molar refractivity (Wildman–Crippen MR) is 78.1 cm³/mol. The predicted octanol–water partition coefficient (Wildman–Crippen LogP) is 4.98. The van der Waals surface area contributed by atoms with E-state index in [9.17, 15) is 4.39 Å². The van der Waals surface area contributed by atoms with Gasteiger partial charge in [-0.25, -0.2) is 4.39 Å². The minimum absolute atomic E-state index is 0.0924. The molecule has 0 saturated heterocycles. The standard InChI is InChI=1S/C15H14Cl2FN/c1-10(14-7-4-12(16)8-15(14)17)19-9-11-2-5-13(18)6-3-11/h2-8,10,19H,9H2,1H3. The zero-order valence-corrected chi connectivity index (χ0v) is 12.0. The van der Waals surface area contributed by atoms with Crippen molar-refractivity contribution in [1.29, 1.82) is 0 Å². The number of halogens is 3. The molecule has 0 fully saturated rings. The second-order valence-electron chi connectivity index (χ2n) is 4.39. The Morgan fingerprint density at radius 3 is 2.42 bits per heavy atom. The number of hydrogen-bond acceptors (Lipinski definition) is 1. The van der Waals surface area contributed by atoms with Gasteiger partial charge in [-0.15, -0.1) is 0 Å². The van der Waals surface area contributed by atoms with Crippen molar-refractivity contribution in [2.75, 3.05) is 0 Å². The first-order chi connectivity index (χ1) is 9.06. The Balaban J connectivity index is 2.01. The van der Waals surface area contributed by atoms with Crippen LogP contribution in [0.5, 0.6) is 0 Å². The summed E-state index contributed by atoms with van der Waals surface area (Å²) in [7, 11) is 0. The zero-order chi connectivity index (χ0) is 13.8. The molecular weight excluding hydrogens is 284 g/mol. The molecule has 0 heterocycles. The molecule has 2 aromatic rings. The highest BCUT2D eigenvalue weighted by Crippen LogP contribution is 2.26. The Bertz CT molecular complexity index is 555. The molecule has 1 atom stereocenters. The summed E-state index contributed by atoms with van der Waals surface area (Å²) in [5, 5.41) is 4.61. The Morgan fingerprint density at radius 1 is 1.11 bits per heavy atom. The summed E-state index contributed by atoms with van der Waals surface area (Å²) in [5.74, 6) is -0.224. The van der Waals surface area contributed by atoms with Crippen molar-refractivity contribution in [3.8, 4) is 0 Å². The molecule has 4 heteroatoms. The highest BCUT2D eigenvalue weighted by Gasteiger charge is 2.09. The van der Waals surface area contributed by atoms with E-state index < -0.39 is 0 Å². The Kier molecular flexibility index (Phi) is 4.81. The average Bonchev–Trinajstić information content (AvgIpc) is 2.37. The normalized spacial score (nSPS) is 12.4.